The number of nitrogens with one attached hydrogen (secondary N) is 1. The van der Waals surface area contributed by atoms with E-state index in [0.717, 1.165) is 16.7 Å². The largest absolute Gasteiger partial charge is 0.489 e. The maximum Gasteiger partial charge on any atom is 0.254 e. The molecule has 0 radical (unpaired) electrons. The maximum atomic E-state index is 12.1. The van der Waals surface area contributed by atoms with Crippen LogP contribution in [-0.4, -0.2) is 24.0 Å². The van der Waals surface area contributed by atoms with E-state index in [9.17, 15) is 4.79 Å². The molecule has 0 bridgehead atoms. The molecule has 23 heavy (non-hydrogen) atoms. The van der Waals surface area contributed by atoms with Gasteiger partial charge in [0.25, 0.3) is 5.91 Å². The van der Waals surface area contributed by atoms with Crippen LogP contribution in [0, 0.1) is 13.8 Å². The Morgan fingerprint density at radius 1 is 1.26 bits per heavy atom. The van der Waals surface area contributed by atoms with Gasteiger partial charge in [0.1, 0.15) is 29.4 Å². The number of para-hydroxylation sites is 1. The van der Waals surface area contributed by atoms with Crippen molar-refractivity contribution >= 4 is 16.8 Å². The summed E-state index contributed by atoms with van der Waals surface area (Å²) in [7, 11) is 0. The second kappa shape index (κ2) is 6.52. The van der Waals surface area contributed by atoms with Crippen molar-refractivity contribution in [1.82, 2.24) is 10.3 Å². The molecule has 5 heteroatoms. The smallest absolute Gasteiger partial charge is 0.254 e. The zero-order valence-electron chi connectivity index (χ0n) is 13.1. The van der Waals surface area contributed by atoms with Crippen LogP contribution in [0.5, 0.6) is 5.75 Å². The summed E-state index contributed by atoms with van der Waals surface area (Å²) in [6.45, 7) is 4.38. The van der Waals surface area contributed by atoms with E-state index < -0.39 is 0 Å². The lowest BCUT2D eigenvalue weighted by Crippen LogP contribution is -2.28. The van der Waals surface area contributed by atoms with Crippen LogP contribution in [-0.2, 0) is 0 Å². The number of benzene rings is 1. The number of hydrogen-bond acceptors (Lipinski definition) is 4. The molecule has 3 aromatic rings. The lowest BCUT2D eigenvalue weighted by Gasteiger charge is -2.09. The van der Waals surface area contributed by atoms with Gasteiger partial charge in [0.05, 0.1) is 12.1 Å². The third kappa shape index (κ3) is 3.34. The molecule has 118 valence electrons. The highest BCUT2D eigenvalue weighted by Gasteiger charge is 2.12. The van der Waals surface area contributed by atoms with Gasteiger partial charge in [-0.3, -0.25) is 9.78 Å². The van der Waals surface area contributed by atoms with Crippen molar-refractivity contribution in [3.63, 3.8) is 0 Å². The van der Waals surface area contributed by atoms with E-state index in [1.54, 1.807) is 19.2 Å². The number of rotatable bonds is 5. The monoisotopic (exact) mass is 310 g/mol. The highest BCUT2D eigenvalue weighted by Crippen LogP contribution is 2.22. The minimum absolute atomic E-state index is 0.154. The van der Waals surface area contributed by atoms with Crippen LogP contribution >= 0.6 is 0 Å². The normalized spacial score (nSPS) is 10.7. The van der Waals surface area contributed by atoms with Crippen molar-refractivity contribution in [1.29, 1.82) is 0 Å². The van der Waals surface area contributed by atoms with Crippen LogP contribution in [0.25, 0.3) is 10.9 Å². The molecular weight excluding hydrogens is 292 g/mol. The number of hydrogen-bond donors (Lipinski definition) is 1. The van der Waals surface area contributed by atoms with Crippen LogP contribution < -0.4 is 10.1 Å². The number of ether oxygens (including phenoxy) is 1. The molecule has 2 heterocycles. The van der Waals surface area contributed by atoms with Crippen LogP contribution in [0.3, 0.4) is 0 Å². The summed E-state index contributed by atoms with van der Waals surface area (Å²) in [6, 6.07) is 11.4. The van der Waals surface area contributed by atoms with E-state index in [0.29, 0.717) is 30.2 Å². The Labute approximate surface area is 134 Å². The SMILES string of the molecule is Cc1cc(C(=O)NCCOc2cccc3cccnc23)c(C)o1. The van der Waals surface area contributed by atoms with Gasteiger partial charge >= 0.3 is 0 Å². The van der Waals surface area contributed by atoms with Crippen molar-refractivity contribution in [2.45, 2.75) is 13.8 Å². The van der Waals surface area contributed by atoms with Crippen molar-refractivity contribution in [2.24, 2.45) is 0 Å². The van der Waals surface area contributed by atoms with Crippen LogP contribution in [0.2, 0.25) is 0 Å². The zero-order valence-corrected chi connectivity index (χ0v) is 13.1. The number of amides is 1. The van der Waals surface area contributed by atoms with E-state index in [4.69, 9.17) is 9.15 Å². The molecule has 0 unspecified atom stereocenters. The van der Waals surface area contributed by atoms with E-state index in [2.05, 4.69) is 10.3 Å². The fourth-order valence-corrected chi connectivity index (χ4v) is 2.47. The summed E-state index contributed by atoms with van der Waals surface area (Å²) < 4.78 is 11.1. The molecule has 0 aliphatic heterocycles. The number of carbonyl (C=O) groups excluding carboxylic acids is 1. The van der Waals surface area contributed by atoms with Gasteiger partial charge in [-0.25, -0.2) is 0 Å². The molecular formula is C18H18N2O3. The predicted molar refractivity (Wildman–Crippen MR) is 87.8 cm³/mol. The molecule has 5 nitrogen and oxygen atoms in total. The number of furan rings is 1. The van der Waals surface area contributed by atoms with Gasteiger partial charge in [-0.2, -0.15) is 0 Å². The van der Waals surface area contributed by atoms with Crippen molar-refractivity contribution in [2.75, 3.05) is 13.2 Å². The first-order valence-electron chi connectivity index (χ1n) is 7.47. The van der Waals surface area contributed by atoms with Crippen LogP contribution in [0.4, 0.5) is 0 Å². The predicted octanol–water partition coefficient (Wildman–Crippen LogP) is 3.25. The quantitative estimate of drug-likeness (QED) is 0.735. The van der Waals surface area contributed by atoms with E-state index in [-0.39, 0.29) is 5.91 Å². The molecule has 0 atom stereocenters. The maximum absolute atomic E-state index is 12.1. The Bertz CT molecular complexity index is 834. The average molecular weight is 310 g/mol. The molecule has 0 fully saturated rings. The van der Waals surface area contributed by atoms with Crippen molar-refractivity contribution in [3.05, 3.63) is 59.7 Å². The minimum atomic E-state index is -0.154. The first kappa shape index (κ1) is 15.1. The molecule has 2 aromatic heterocycles. The fraction of sp³-hybridized carbons (Fsp3) is 0.222. The number of fused-ring (bicyclic) bond motifs is 1. The molecule has 0 saturated carbocycles. The van der Waals surface area contributed by atoms with Gasteiger partial charge in [-0.15, -0.1) is 0 Å². The lowest BCUT2D eigenvalue weighted by molar-refractivity contribution is 0.0945. The number of nitrogens with zero attached hydrogens (tertiary/aromatic N) is 1. The fourth-order valence-electron chi connectivity index (χ4n) is 2.47. The van der Waals surface area contributed by atoms with Gasteiger partial charge in [-0.1, -0.05) is 18.2 Å². The third-order valence-electron chi connectivity index (χ3n) is 3.53. The Kier molecular flexibility index (Phi) is 4.28. The van der Waals surface area contributed by atoms with Crippen molar-refractivity contribution < 1.29 is 13.9 Å². The molecule has 0 spiro atoms. The van der Waals surface area contributed by atoms with E-state index in [1.165, 1.54) is 0 Å². The number of pyridine rings is 1. The van der Waals surface area contributed by atoms with Gasteiger partial charge in [0.2, 0.25) is 0 Å². The zero-order chi connectivity index (χ0) is 16.2. The summed E-state index contributed by atoms with van der Waals surface area (Å²) >= 11 is 0. The summed E-state index contributed by atoms with van der Waals surface area (Å²) in [5, 5.41) is 3.85. The van der Waals surface area contributed by atoms with Gasteiger partial charge in [0, 0.05) is 11.6 Å². The Hall–Kier alpha value is -2.82. The van der Waals surface area contributed by atoms with E-state index in [1.807, 2.05) is 37.3 Å². The molecule has 0 aliphatic carbocycles. The molecule has 0 saturated heterocycles. The second-order valence-corrected chi connectivity index (χ2v) is 5.26. The summed E-state index contributed by atoms with van der Waals surface area (Å²) in [5.41, 5.74) is 1.39. The first-order chi connectivity index (χ1) is 11.1. The Morgan fingerprint density at radius 3 is 2.87 bits per heavy atom. The number of aryl methyl sites for hydroxylation is 2. The van der Waals surface area contributed by atoms with E-state index >= 15 is 0 Å². The average Bonchev–Trinajstić information content (AvgIpc) is 2.90. The highest BCUT2D eigenvalue weighted by atomic mass is 16.5. The van der Waals surface area contributed by atoms with Gasteiger partial charge < -0.3 is 14.5 Å². The molecule has 3 rings (SSSR count). The third-order valence-corrected chi connectivity index (χ3v) is 3.53. The summed E-state index contributed by atoms with van der Waals surface area (Å²) in [5.74, 6) is 1.91. The number of aromatic nitrogens is 1. The Balaban J connectivity index is 1.57. The number of carbonyl (C=O) groups is 1. The van der Waals surface area contributed by atoms with Crippen LogP contribution in [0.15, 0.2) is 47.0 Å². The highest BCUT2D eigenvalue weighted by molar-refractivity contribution is 5.95. The first-order valence-corrected chi connectivity index (χ1v) is 7.47. The molecule has 1 amide bonds. The van der Waals surface area contributed by atoms with Gasteiger partial charge in [0.15, 0.2) is 0 Å². The lowest BCUT2D eigenvalue weighted by atomic mass is 10.2. The van der Waals surface area contributed by atoms with Crippen LogP contribution in [0.1, 0.15) is 21.9 Å². The summed E-state index contributed by atoms with van der Waals surface area (Å²) in [4.78, 5) is 16.4. The summed E-state index contributed by atoms with van der Waals surface area (Å²) in [6.07, 6.45) is 1.74. The molecule has 1 N–H and O–H groups in total. The molecule has 1 aromatic carbocycles. The Morgan fingerprint density at radius 2 is 2.09 bits per heavy atom. The second-order valence-electron chi connectivity index (χ2n) is 5.26. The molecule has 0 aliphatic rings. The topological polar surface area (TPSA) is 64.4 Å². The van der Waals surface area contributed by atoms with Gasteiger partial charge in [-0.05, 0) is 32.0 Å². The standard InChI is InChI=1S/C18H18N2O3/c1-12-11-15(13(2)23-12)18(21)20-9-10-22-16-7-3-5-14-6-4-8-19-17(14)16/h3-8,11H,9-10H2,1-2H3,(H,20,21). The van der Waals surface area contributed by atoms with Crippen molar-refractivity contribution in [3.8, 4) is 5.75 Å². The minimum Gasteiger partial charge on any atom is -0.489 e.